The third kappa shape index (κ3) is 2.82. The minimum atomic E-state index is -0.115. The van der Waals surface area contributed by atoms with Gasteiger partial charge in [-0.1, -0.05) is 6.42 Å². The van der Waals surface area contributed by atoms with Gasteiger partial charge in [0.15, 0.2) is 0 Å². The molecular weight excluding hydrogens is 228 g/mol. The van der Waals surface area contributed by atoms with Gasteiger partial charge in [0.2, 0.25) is 0 Å². The van der Waals surface area contributed by atoms with Crippen molar-refractivity contribution >= 4 is 5.91 Å². The minimum absolute atomic E-state index is 0.115. The highest BCUT2D eigenvalue weighted by molar-refractivity contribution is 5.93. The van der Waals surface area contributed by atoms with Crippen LogP contribution in [0.2, 0.25) is 0 Å². The van der Waals surface area contributed by atoms with Gasteiger partial charge in [-0.2, -0.15) is 0 Å². The van der Waals surface area contributed by atoms with Gasteiger partial charge < -0.3 is 5.11 Å². The molecule has 1 amide bonds. The molecule has 1 aliphatic heterocycles. The smallest absolute Gasteiger partial charge is 0.265 e. The zero-order chi connectivity index (χ0) is 13.1. The molecule has 0 saturated carbocycles. The molecule has 1 aromatic rings. The molecule has 1 heterocycles. The molecule has 4 nitrogen and oxygen atoms in total. The molecule has 0 spiro atoms. The van der Waals surface area contributed by atoms with Gasteiger partial charge in [-0.05, 0) is 51.0 Å². The first-order chi connectivity index (χ1) is 8.58. The Balaban J connectivity index is 2.04. The number of piperidine rings is 1. The van der Waals surface area contributed by atoms with E-state index in [0.29, 0.717) is 17.6 Å². The van der Waals surface area contributed by atoms with Crippen LogP contribution in [0.15, 0.2) is 24.3 Å². The van der Waals surface area contributed by atoms with Gasteiger partial charge in [-0.15, -0.1) is 0 Å². The molecule has 2 unspecified atom stereocenters. The lowest BCUT2D eigenvalue weighted by molar-refractivity contribution is 0.0370. The number of carbonyl (C=O) groups is 1. The molecule has 1 saturated heterocycles. The van der Waals surface area contributed by atoms with Gasteiger partial charge in [-0.25, -0.2) is 5.01 Å². The summed E-state index contributed by atoms with van der Waals surface area (Å²) < 4.78 is 0. The number of hydrogen-bond acceptors (Lipinski definition) is 3. The van der Waals surface area contributed by atoms with E-state index in [-0.39, 0.29) is 11.7 Å². The molecule has 4 heteroatoms. The lowest BCUT2D eigenvalue weighted by atomic mass is 10.00. The van der Waals surface area contributed by atoms with Gasteiger partial charge in [0, 0.05) is 17.6 Å². The highest BCUT2D eigenvalue weighted by Gasteiger charge is 2.26. The maximum absolute atomic E-state index is 12.1. The van der Waals surface area contributed by atoms with Crippen molar-refractivity contribution in [1.29, 1.82) is 0 Å². The average molecular weight is 248 g/mol. The van der Waals surface area contributed by atoms with Crippen LogP contribution in [0, 0.1) is 0 Å². The van der Waals surface area contributed by atoms with Gasteiger partial charge in [0.1, 0.15) is 5.75 Å². The van der Waals surface area contributed by atoms with Crippen LogP contribution in [0.4, 0.5) is 0 Å². The summed E-state index contributed by atoms with van der Waals surface area (Å²) in [5.74, 6) is 0.0573. The van der Waals surface area contributed by atoms with Crippen molar-refractivity contribution in [1.82, 2.24) is 10.4 Å². The van der Waals surface area contributed by atoms with Crippen LogP contribution in [0.3, 0.4) is 0 Å². The summed E-state index contributed by atoms with van der Waals surface area (Å²) in [6.07, 6.45) is 3.44. The molecule has 98 valence electrons. The van der Waals surface area contributed by atoms with Crippen molar-refractivity contribution < 1.29 is 9.90 Å². The van der Waals surface area contributed by atoms with Gasteiger partial charge in [0.05, 0.1) is 0 Å². The topological polar surface area (TPSA) is 52.6 Å². The molecule has 0 bridgehead atoms. The summed E-state index contributed by atoms with van der Waals surface area (Å²) in [6, 6.07) is 7.05. The van der Waals surface area contributed by atoms with E-state index in [1.807, 2.05) is 5.01 Å². The molecule has 0 radical (unpaired) electrons. The number of phenolic OH excluding ortho intramolecular Hbond substituents is 1. The van der Waals surface area contributed by atoms with Crippen molar-refractivity contribution in [2.45, 2.75) is 45.2 Å². The van der Waals surface area contributed by atoms with E-state index in [4.69, 9.17) is 0 Å². The molecule has 1 fully saturated rings. The van der Waals surface area contributed by atoms with Crippen molar-refractivity contribution in [3.8, 4) is 5.75 Å². The van der Waals surface area contributed by atoms with Crippen LogP contribution in [0.25, 0.3) is 0 Å². The van der Waals surface area contributed by atoms with E-state index >= 15 is 0 Å². The molecule has 1 aliphatic rings. The highest BCUT2D eigenvalue weighted by Crippen LogP contribution is 2.20. The Labute approximate surface area is 108 Å². The molecule has 2 atom stereocenters. The summed E-state index contributed by atoms with van der Waals surface area (Å²) in [4.78, 5) is 12.1. The Bertz CT molecular complexity index is 406. The largest absolute Gasteiger partial charge is 0.508 e. The van der Waals surface area contributed by atoms with Crippen molar-refractivity contribution in [2.75, 3.05) is 0 Å². The average Bonchev–Trinajstić information content (AvgIpc) is 2.34. The summed E-state index contributed by atoms with van der Waals surface area (Å²) >= 11 is 0. The van der Waals surface area contributed by atoms with E-state index in [1.165, 1.54) is 18.6 Å². The second-order valence-corrected chi connectivity index (χ2v) is 5.02. The van der Waals surface area contributed by atoms with Crippen LogP contribution >= 0.6 is 0 Å². The number of rotatable bonds is 2. The Morgan fingerprint density at radius 3 is 2.33 bits per heavy atom. The maximum Gasteiger partial charge on any atom is 0.265 e. The third-order valence-corrected chi connectivity index (χ3v) is 3.55. The van der Waals surface area contributed by atoms with Crippen molar-refractivity contribution in [3.05, 3.63) is 29.8 Å². The van der Waals surface area contributed by atoms with Crippen LogP contribution in [-0.4, -0.2) is 28.1 Å². The van der Waals surface area contributed by atoms with Crippen molar-refractivity contribution in [3.63, 3.8) is 0 Å². The number of phenols is 1. The molecule has 18 heavy (non-hydrogen) atoms. The van der Waals surface area contributed by atoms with Crippen molar-refractivity contribution in [2.24, 2.45) is 0 Å². The number of nitrogens with zero attached hydrogens (tertiary/aromatic N) is 1. The predicted octanol–water partition coefficient (Wildman–Crippen LogP) is 2.30. The molecule has 2 rings (SSSR count). The van der Waals surface area contributed by atoms with Crippen LogP contribution in [-0.2, 0) is 0 Å². The fourth-order valence-electron chi connectivity index (χ4n) is 2.44. The Morgan fingerprint density at radius 2 is 1.78 bits per heavy atom. The lowest BCUT2D eigenvalue weighted by Crippen LogP contribution is -2.54. The summed E-state index contributed by atoms with van der Waals surface area (Å²) in [7, 11) is 0. The summed E-state index contributed by atoms with van der Waals surface area (Å²) in [5, 5.41) is 11.2. The second kappa shape index (κ2) is 5.40. The van der Waals surface area contributed by atoms with E-state index in [2.05, 4.69) is 19.3 Å². The number of hydrazine groups is 1. The van der Waals surface area contributed by atoms with Gasteiger partial charge >= 0.3 is 0 Å². The number of hydrogen-bond donors (Lipinski definition) is 2. The standard InChI is InChI=1S/C14H20N2O2/c1-10-4-3-5-11(2)16(10)15-14(18)12-6-8-13(17)9-7-12/h6-11,17H,3-5H2,1-2H3,(H,15,18). The number of amides is 1. The number of nitrogens with one attached hydrogen (secondary N) is 1. The Kier molecular flexibility index (Phi) is 3.87. The maximum atomic E-state index is 12.1. The zero-order valence-corrected chi connectivity index (χ0v) is 10.9. The number of aromatic hydroxyl groups is 1. The van der Waals surface area contributed by atoms with Crippen LogP contribution in [0.5, 0.6) is 5.75 Å². The Morgan fingerprint density at radius 1 is 1.22 bits per heavy atom. The van der Waals surface area contributed by atoms with Crippen LogP contribution in [0.1, 0.15) is 43.5 Å². The number of benzene rings is 1. The first kappa shape index (κ1) is 12.9. The quantitative estimate of drug-likeness (QED) is 0.844. The fourth-order valence-corrected chi connectivity index (χ4v) is 2.44. The minimum Gasteiger partial charge on any atom is -0.508 e. The SMILES string of the molecule is CC1CCCC(C)N1NC(=O)c1ccc(O)cc1. The summed E-state index contributed by atoms with van der Waals surface area (Å²) in [6.45, 7) is 4.26. The lowest BCUT2D eigenvalue weighted by Gasteiger charge is -2.38. The third-order valence-electron chi connectivity index (χ3n) is 3.55. The summed E-state index contributed by atoms with van der Waals surface area (Å²) in [5.41, 5.74) is 3.53. The normalized spacial score (nSPS) is 24.8. The van der Waals surface area contributed by atoms with E-state index < -0.39 is 0 Å². The molecule has 0 aliphatic carbocycles. The number of carbonyl (C=O) groups excluding carboxylic acids is 1. The zero-order valence-electron chi connectivity index (χ0n) is 10.9. The van der Waals surface area contributed by atoms with Gasteiger partial charge in [0.25, 0.3) is 5.91 Å². The Hall–Kier alpha value is -1.55. The molecule has 0 aromatic heterocycles. The van der Waals surface area contributed by atoms with E-state index in [0.717, 1.165) is 12.8 Å². The first-order valence-electron chi connectivity index (χ1n) is 6.46. The second-order valence-electron chi connectivity index (χ2n) is 5.02. The van der Waals surface area contributed by atoms with E-state index in [1.54, 1.807) is 12.1 Å². The monoisotopic (exact) mass is 248 g/mol. The fraction of sp³-hybridized carbons (Fsp3) is 0.500. The van der Waals surface area contributed by atoms with E-state index in [9.17, 15) is 9.90 Å². The van der Waals surface area contributed by atoms with Gasteiger partial charge in [-0.3, -0.25) is 10.2 Å². The highest BCUT2D eigenvalue weighted by atomic mass is 16.3. The molecule has 1 aromatic carbocycles. The molecule has 2 N–H and O–H groups in total. The molecular formula is C14H20N2O2. The predicted molar refractivity (Wildman–Crippen MR) is 70.2 cm³/mol. The van der Waals surface area contributed by atoms with Crippen LogP contribution < -0.4 is 5.43 Å². The first-order valence-corrected chi connectivity index (χ1v) is 6.46.